The lowest BCUT2D eigenvalue weighted by Gasteiger charge is -2.51. The first-order chi connectivity index (χ1) is 13.6. The molecule has 152 valence electrons. The monoisotopic (exact) mass is 382 g/mol. The second-order valence-corrected chi connectivity index (χ2v) is 8.90. The summed E-state index contributed by atoms with van der Waals surface area (Å²) in [6.45, 7) is 10.9. The number of aromatic amines is 1. The molecule has 2 aliphatic rings. The number of likely N-dealkylation sites (tertiary alicyclic amines) is 2. The highest BCUT2D eigenvalue weighted by molar-refractivity contribution is 5.23. The van der Waals surface area contributed by atoms with Gasteiger partial charge in [0.05, 0.1) is 5.69 Å². The number of nitrogens with zero attached hydrogens (tertiary/aromatic N) is 3. The number of hydrogen-bond acceptors (Lipinski definition) is 4. The largest absolute Gasteiger partial charge is 0.396 e. The lowest BCUT2D eigenvalue weighted by molar-refractivity contribution is -0.0450. The summed E-state index contributed by atoms with van der Waals surface area (Å²) in [7, 11) is 0. The van der Waals surface area contributed by atoms with Gasteiger partial charge < -0.3 is 5.11 Å². The van der Waals surface area contributed by atoms with Crippen LogP contribution in [0.4, 0.5) is 0 Å². The van der Waals surface area contributed by atoms with Crippen LogP contribution in [0.25, 0.3) is 0 Å². The summed E-state index contributed by atoms with van der Waals surface area (Å²) in [5.74, 6) is 0.382. The molecule has 0 bridgehead atoms. The molecule has 2 aliphatic heterocycles. The van der Waals surface area contributed by atoms with Crippen LogP contribution in [-0.4, -0.2) is 57.9 Å². The van der Waals surface area contributed by atoms with Gasteiger partial charge in [-0.3, -0.25) is 14.9 Å². The maximum atomic E-state index is 10.2. The Bertz CT molecular complexity index is 745. The van der Waals surface area contributed by atoms with E-state index in [4.69, 9.17) is 0 Å². The maximum Gasteiger partial charge on any atom is 0.0639 e. The van der Waals surface area contributed by atoms with Crippen LogP contribution in [0.15, 0.2) is 30.3 Å². The summed E-state index contributed by atoms with van der Waals surface area (Å²) >= 11 is 0. The van der Waals surface area contributed by atoms with Crippen molar-refractivity contribution in [2.45, 2.75) is 46.2 Å². The number of rotatable bonds is 5. The minimum atomic E-state index is 0.304. The first-order valence-corrected chi connectivity index (χ1v) is 10.7. The number of aryl methyl sites for hydroxylation is 2. The van der Waals surface area contributed by atoms with Gasteiger partial charge >= 0.3 is 0 Å². The summed E-state index contributed by atoms with van der Waals surface area (Å²) in [6.07, 6.45) is 3.62. The van der Waals surface area contributed by atoms with E-state index in [0.29, 0.717) is 17.9 Å². The Morgan fingerprint density at radius 1 is 1.04 bits per heavy atom. The van der Waals surface area contributed by atoms with Crippen LogP contribution in [0.2, 0.25) is 0 Å². The molecule has 1 spiro atoms. The Labute approximate surface area is 168 Å². The molecule has 3 heterocycles. The molecule has 1 atom stereocenters. The normalized spacial score (nSPS) is 23.3. The number of hydrogen-bond donors (Lipinski definition) is 2. The number of aromatic nitrogens is 2. The molecule has 0 saturated carbocycles. The van der Waals surface area contributed by atoms with E-state index in [1.807, 2.05) is 0 Å². The van der Waals surface area contributed by atoms with Gasteiger partial charge in [-0.25, -0.2) is 0 Å². The van der Waals surface area contributed by atoms with E-state index in [9.17, 15) is 5.11 Å². The number of aliphatic hydroxyl groups is 1. The van der Waals surface area contributed by atoms with Crippen LogP contribution >= 0.6 is 0 Å². The van der Waals surface area contributed by atoms with Crippen molar-refractivity contribution in [1.82, 2.24) is 20.0 Å². The summed E-state index contributed by atoms with van der Waals surface area (Å²) in [5, 5.41) is 17.6. The maximum absolute atomic E-state index is 10.2. The third-order valence-corrected chi connectivity index (χ3v) is 7.25. The van der Waals surface area contributed by atoms with Crippen molar-refractivity contribution in [3.8, 4) is 0 Å². The predicted octanol–water partition coefficient (Wildman–Crippen LogP) is 3.12. The van der Waals surface area contributed by atoms with Crippen molar-refractivity contribution < 1.29 is 5.11 Å². The van der Waals surface area contributed by atoms with Gasteiger partial charge in [0.2, 0.25) is 0 Å². The van der Waals surface area contributed by atoms with E-state index in [1.54, 1.807) is 0 Å². The molecule has 1 aromatic heterocycles. The van der Waals surface area contributed by atoms with Crippen molar-refractivity contribution in [2.75, 3.05) is 32.8 Å². The zero-order chi connectivity index (χ0) is 19.6. The topological polar surface area (TPSA) is 55.4 Å². The molecular weight excluding hydrogens is 348 g/mol. The van der Waals surface area contributed by atoms with Crippen LogP contribution in [0, 0.1) is 25.2 Å². The van der Waals surface area contributed by atoms with Gasteiger partial charge in [-0.05, 0) is 63.7 Å². The second-order valence-electron chi connectivity index (χ2n) is 8.90. The Balaban J connectivity index is 1.36. The van der Waals surface area contributed by atoms with Crippen molar-refractivity contribution in [3.05, 3.63) is 52.8 Å². The number of H-pyrrole nitrogens is 1. The first kappa shape index (κ1) is 19.6. The van der Waals surface area contributed by atoms with E-state index in [-0.39, 0.29) is 0 Å². The molecule has 28 heavy (non-hydrogen) atoms. The van der Waals surface area contributed by atoms with Crippen LogP contribution in [-0.2, 0) is 13.1 Å². The van der Waals surface area contributed by atoms with E-state index in [1.165, 1.54) is 36.1 Å². The molecule has 5 nitrogen and oxygen atoms in total. The molecule has 0 aliphatic carbocycles. The highest BCUT2D eigenvalue weighted by Gasteiger charge is 2.44. The average Bonchev–Trinajstić information content (AvgIpc) is 3.04. The SMILES string of the molecule is Cc1n[nH]c(C)c1CN1CCC2(CCN(Cc3ccccc3)CC2)[C@H](CO)C1. The van der Waals surface area contributed by atoms with E-state index >= 15 is 0 Å². The van der Waals surface area contributed by atoms with Gasteiger partial charge in [0, 0.05) is 43.4 Å². The fourth-order valence-electron chi connectivity index (χ4n) is 5.26. The highest BCUT2D eigenvalue weighted by atomic mass is 16.3. The van der Waals surface area contributed by atoms with Gasteiger partial charge in [0.1, 0.15) is 0 Å². The second kappa shape index (κ2) is 8.36. The summed E-state index contributed by atoms with van der Waals surface area (Å²) < 4.78 is 0. The molecule has 4 rings (SSSR count). The number of aliphatic hydroxyl groups excluding tert-OH is 1. The fourth-order valence-corrected chi connectivity index (χ4v) is 5.26. The predicted molar refractivity (Wildman–Crippen MR) is 112 cm³/mol. The molecule has 2 aromatic rings. The smallest absolute Gasteiger partial charge is 0.0639 e. The third-order valence-electron chi connectivity index (χ3n) is 7.25. The van der Waals surface area contributed by atoms with Gasteiger partial charge in [-0.1, -0.05) is 30.3 Å². The Kier molecular flexibility index (Phi) is 5.85. The van der Waals surface area contributed by atoms with Crippen LogP contribution in [0.5, 0.6) is 0 Å². The zero-order valence-electron chi connectivity index (χ0n) is 17.3. The molecule has 2 N–H and O–H groups in total. The van der Waals surface area contributed by atoms with E-state index in [0.717, 1.165) is 45.0 Å². The zero-order valence-corrected chi connectivity index (χ0v) is 17.3. The van der Waals surface area contributed by atoms with Crippen LogP contribution in [0.3, 0.4) is 0 Å². The van der Waals surface area contributed by atoms with Gasteiger partial charge in [-0.15, -0.1) is 0 Å². The molecule has 2 fully saturated rings. The molecule has 0 radical (unpaired) electrons. The van der Waals surface area contributed by atoms with E-state index < -0.39 is 0 Å². The Morgan fingerprint density at radius 2 is 1.71 bits per heavy atom. The van der Waals surface area contributed by atoms with Crippen molar-refractivity contribution in [3.63, 3.8) is 0 Å². The molecule has 0 unspecified atom stereocenters. The molecule has 5 heteroatoms. The lowest BCUT2D eigenvalue weighted by Crippen LogP contribution is -2.53. The summed E-state index contributed by atoms with van der Waals surface area (Å²) in [5.41, 5.74) is 5.32. The van der Waals surface area contributed by atoms with Crippen molar-refractivity contribution >= 4 is 0 Å². The molecular formula is C23H34N4O. The van der Waals surface area contributed by atoms with Crippen LogP contribution in [0.1, 0.15) is 41.8 Å². The Morgan fingerprint density at radius 3 is 2.32 bits per heavy atom. The summed E-state index contributed by atoms with van der Waals surface area (Å²) in [6, 6.07) is 10.8. The van der Waals surface area contributed by atoms with Crippen molar-refractivity contribution in [2.24, 2.45) is 11.3 Å². The number of benzene rings is 1. The lowest BCUT2D eigenvalue weighted by atomic mass is 9.64. The van der Waals surface area contributed by atoms with Crippen LogP contribution < -0.4 is 0 Å². The molecule has 1 aromatic carbocycles. The first-order valence-electron chi connectivity index (χ1n) is 10.7. The quantitative estimate of drug-likeness (QED) is 0.834. The van der Waals surface area contributed by atoms with Gasteiger partial charge in [-0.2, -0.15) is 5.10 Å². The number of piperidine rings is 2. The van der Waals surface area contributed by atoms with Crippen molar-refractivity contribution in [1.29, 1.82) is 0 Å². The van der Waals surface area contributed by atoms with Gasteiger partial charge in [0.15, 0.2) is 0 Å². The standard InChI is InChI=1S/C23H34N4O/c1-18-22(19(2)25-24-18)16-27-13-10-23(21(15-27)17-28)8-11-26(12-9-23)14-20-6-4-3-5-7-20/h3-7,21,28H,8-17H2,1-2H3,(H,24,25)/t21-/m0/s1. The van der Waals surface area contributed by atoms with Gasteiger partial charge in [0.25, 0.3) is 0 Å². The number of nitrogens with one attached hydrogen (secondary N) is 1. The van der Waals surface area contributed by atoms with E-state index in [2.05, 4.69) is 64.2 Å². The minimum Gasteiger partial charge on any atom is -0.396 e. The molecule has 0 amide bonds. The minimum absolute atomic E-state index is 0.304. The third kappa shape index (κ3) is 4.02. The highest BCUT2D eigenvalue weighted by Crippen LogP contribution is 2.45. The summed E-state index contributed by atoms with van der Waals surface area (Å²) in [4.78, 5) is 5.10. The Hall–Kier alpha value is -1.69. The fraction of sp³-hybridized carbons (Fsp3) is 0.609. The average molecular weight is 383 g/mol. The molecule has 2 saturated heterocycles.